The summed E-state index contributed by atoms with van der Waals surface area (Å²) in [5, 5.41) is 3.39. The normalized spacial score (nSPS) is 18.5. The molecule has 1 aromatic heterocycles. The minimum absolute atomic E-state index is 0.654. The maximum absolute atomic E-state index is 4.53. The van der Waals surface area contributed by atoms with E-state index in [-0.39, 0.29) is 0 Å². The Bertz CT molecular complexity index is 444. The maximum Gasteiger partial charge on any atom is 0.137 e. The van der Waals surface area contributed by atoms with E-state index >= 15 is 0 Å². The lowest BCUT2D eigenvalue weighted by Gasteiger charge is -2.27. The van der Waals surface area contributed by atoms with Crippen molar-refractivity contribution in [2.24, 2.45) is 0 Å². The molecule has 1 aliphatic heterocycles. The summed E-state index contributed by atoms with van der Waals surface area (Å²) in [7, 11) is 0. The van der Waals surface area contributed by atoms with E-state index in [0.717, 1.165) is 50.8 Å². The highest BCUT2D eigenvalue weighted by molar-refractivity contribution is 5.58. The molecule has 1 N–H and O–H groups in total. The van der Waals surface area contributed by atoms with Crippen molar-refractivity contribution in [3.05, 3.63) is 11.9 Å². The summed E-state index contributed by atoms with van der Waals surface area (Å²) in [6.07, 6.45) is 4.01. The van der Waals surface area contributed by atoms with Gasteiger partial charge in [-0.25, -0.2) is 9.97 Å². The summed E-state index contributed by atoms with van der Waals surface area (Å²) in [6.45, 7) is 14.2. The van der Waals surface area contributed by atoms with Crippen molar-refractivity contribution >= 4 is 11.6 Å². The average Bonchev–Trinajstić information content (AvgIpc) is 2.97. The molecule has 2 rings (SSSR count). The van der Waals surface area contributed by atoms with Gasteiger partial charge in [-0.2, -0.15) is 0 Å². The summed E-state index contributed by atoms with van der Waals surface area (Å²) in [5.41, 5.74) is 1.17. The van der Waals surface area contributed by atoms with Crippen LogP contribution in [0.5, 0.6) is 0 Å². The zero-order valence-electron chi connectivity index (χ0n) is 13.9. The van der Waals surface area contributed by atoms with Gasteiger partial charge in [0.25, 0.3) is 0 Å². The van der Waals surface area contributed by atoms with Gasteiger partial charge in [-0.1, -0.05) is 20.8 Å². The zero-order chi connectivity index (χ0) is 15.2. The predicted molar refractivity (Wildman–Crippen MR) is 89.1 cm³/mol. The van der Waals surface area contributed by atoms with Crippen LogP contribution < -0.4 is 10.2 Å². The third kappa shape index (κ3) is 3.64. The van der Waals surface area contributed by atoms with Crippen LogP contribution in [0, 0.1) is 6.92 Å². The van der Waals surface area contributed by atoms with Gasteiger partial charge in [0.1, 0.15) is 18.0 Å². The van der Waals surface area contributed by atoms with Crippen molar-refractivity contribution in [2.75, 3.05) is 42.9 Å². The lowest BCUT2D eigenvalue weighted by atomic mass is 10.2. The molecule has 5 nitrogen and oxygen atoms in total. The third-order valence-electron chi connectivity index (χ3n) is 4.39. The minimum atomic E-state index is 0.654. The highest BCUT2D eigenvalue weighted by Crippen LogP contribution is 2.27. The second-order valence-corrected chi connectivity index (χ2v) is 5.71. The molecule has 1 atom stereocenters. The maximum atomic E-state index is 4.53. The predicted octanol–water partition coefficient (Wildman–Crippen LogP) is 2.53. The van der Waals surface area contributed by atoms with E-state index in [1.54, 1.807) is 6.33 Å². The molecule has 1 fully saturated rings. The van der Waals surface area contributed by atoms with E-state index in [9.17, 15) is 0 Å². The molecule has 1 saturated heterocycles. The molecule has 118 valence electrons. The minimum Gasteiger partial charge on any atom is -0.370 e. The third-order valence-corrected chi connectivity index (χ3v) is 4.39. The number of anilines is 2. The van der Waals surface area contributed by atoms with Gasteiger partial charge in [-0.15, -0.1) is 0 Å². The summed E-state index contributed by atoms with van der Waals surface area (Å²) in [5.74, 6) is 2.08. The molecule has 5 heteroatoms. The van der Waals surface area contributed by atoms with E-state index in [1.165, 1.54) is 12.0 Å². The van der Waals surface area contributed by atoms with Crippen LogP contribution in [-0.4, -0.2) is 53.6 Å². The largest absolute Gasteiger partial charge is 0.370 e. The van der Waals surface area contributed by atoms with E-state index in [2.05, 4.69) is 52.8 Å². The Morgan fingerprint density at radius 3 is 2.71 bits per heavy atom. The molecule has 0 radical (unpaired) electrons. The number of nitrogens with one attached hydrogen (secondary N) is 1. The lowest BCUT2D eigenvalue weighted by Crippen LogP contribution is -2.37. The Balaban J connectivity index is 2.09. The van der Waals surface area contributed by atoms with Gasteiger partial charge in [-0.3, -0.25) is 4.90 Å². The van der Waals surface area contributed by atoms with Crippen LogP contribution in [0.15, 0.2) is 6.33 Å². The molecule has 0 amide bonds. The van der Waals surface area contributed by atoms with Gasteiger partial charge in [0.05, 0.1) is 0 Å². The van der Waals surface area contributed by atoms with Crippen molar-refractivity contribution in [1.82, 2.24) is 14.9 Å². The smallest absolute Gasteiger partial charge is 0.137 e. The molecular weight excluding hydrogens is 262 g/mol. The van der Waals surface area contributed by atoms with Crippen LogP contribution >= 0.6 is 0 Å². The summed E-state index contributed by atoms with van der Waals surface area (Å²) >= 11 is 0. The Morgan fingerprint density at radius 2 is 2.05 bits per heavy atom. The lowest BCUT2D eigenvalue weighted by molar-refractivity contribution is 0.232. The Kier molecular flexibility index (Phi) is 5.79. The molecule has 1 aromatic rings. The standard InChI is InChI=1S/C16H29N5/c1-5-9-17-15-13(4)16(19-12-18-15)21-10-8-14(11-21)20(6-2)7-3/h12,14H,5-11H2,1-4H3,(H,17,18,19). The van der Waals surface area contributed by atoms with E-state index < -0.39 is 0 Å². The number of aromatic nitrogens is 2. The van der Waals surface area contributed by atoms with Gasteiger partial charge in [-0.05, 0) is 32.9 Å². The van der Waals surface area contributed by atoms with Gasteiger partial charge in [0.15, 0.2) is 0 Å². The molecule has 1 unspecified atom stereocenters. The van der Waals surface area contributed by atoms with Crippen molar-refractivity contribution in [1.29, 1.82) is 0 Å². The van der Waals surface area contributed by atoms with Crippen LogP contribution in [0.4, 0.5) is 11.6 Å². The molecule has 0 spiro atoms. The molecule has 0 bridgehead atoms. The SMILES string of the molecule is CCCNc1ncnc(N2CCC(N(CC)CC)C2)c1C. The quantitative estimate of drug-likeness (QED) is 0.836. The van der Waals surface area contributed by atoms with Crippen molar-refractivity contribution in [3.8, 4) is 0 Å². The van der Waals surface area contributed by atoms with E-state index in [0.29, 0.717) is 6.04 Å². The highest BCUT2D eigenvalue weighted by Gasteiger charge is 2.28. The molecular formula is C16H29N5. The van der Waals surface area contributed by atoms with Gasteiger partial charge < -0.3 is 10.2 Å². The second-order valence-electron chi connectivity index (χ2n) is 5.71. The number of hydrogen-bond acceptors (Lipinski definition) is 5. The van der Waals surface area contributed by atoms with Crippen LogP contribution in [0.3, 0.4) is 0 Å². The van der Waals surface area contributed by atoms with Crippen molar-refractivity contribution < 1.29 is 0 Å². The summed E-state index contributed by atoms with van der Waals surface area (Å²) in [6, 6.07) is 0.654. The molecule has 0 aromatic carbocycles. The van der Waals surface area contributed by atoms with Crippen LogP contribution in [-0.2, 0) is 0 Å². The molecule has 21 heavy (non-hydrogen) atoms. The zero-order valence-corrected chi connectivity index (χ0v) is 13.9. The van der Waals surface area contributed by atoms with E-state index in [1.807, 2.05) is 0 Å². The number of nitrogens with zero attached hydrogens (tertiary/aromatic N) is 4. The first kappa shape index (κ1) is 16.0. The number of rotatable bonds is 7. The van der Waals surface area contributed by atoms with Crippen LogP contribution in [0.25, 0.3) is 0 Å². The van der Waals surface area contributed by atoms with Gasteiger partial charge in [0.2, 0.25) is 0 Å². The van der Waals surface area contributed by atoms with Crippen LogP contribution in [0.1, 0.15) is 39.2 Å². The molecule has 0 saturated carbocycles. The van der Waals surface area contributed by atoms with Crippen molar-refractivity contribution in [2.45, 2.75) is 46.6 Å². The van der Waals surface area contributed by atoms with Gasteiger partial charge >= 0.3 is 0 Å². The van der Waals surface area contributed by atoms with Crippen molar-refractivity contribution in [3.63, 3.8) is 0 Å². The molecule has 0 aliphatic carbocycles. The Morgan fingerprint density at radius 1 is 1.29 bits per heavy atom. The fraction of sp³-hybridized carbons (Fsp3) is 0.750. The topological polar surface area (TPSA) is 44.3 Å². The van der Waals surface area contributed by atoms with Crippen LogP contribution in [0.2, 0.25) is 0 Å². The number of hydrogen-bond donors (Lipinski definition) is 1. The Hall–Kier alpha value is -1.36. The van der Waals surface area contributed by atoms with E-state index in [4.69, 9.17) is 0 Å². The molecule has 1 aliphatic rings. The monoisotopic (exact) mass is 291 g/mol. The Labute approximate surface area is 128 Å². The fourth-order valence-electron chi connectivity index (χ4n) is 3.15. The number of likely N-dealkylation sites (N-methyl/N-ethyl adjacent to an activating group) is 1. The first-order chi connectivity index (χ1) is 10.2. The average molecular weight is 291 g/mol. The summed E-state index contributed by atoms with van der Waals surface area (Å²) in [4.78, 5) is 13.9. The highest BCUT2D eigenvalue weighted by atomic mass is 15.3. The van der Waals surface area contributed by atoms with Gasteiger partial charge in [0, 0.05) is 31.2 Å². The molecule has 2 heterocycles. The first-order valence-corrected chi connectivity index (χ1v) is 8.25. The second kappa shape index (κ2) is 7.59. The fourth-order valence-corrected chi connectivity index (χ4v) is 3.15. The summed E-state index contributed by atoms with van der Waals surface area (Å²) < 4.78 is 0. The first-order valence-electron chi connectivity index (χ1n) is 8.25.